The highest BCUT2D eigenvalue weighted by molar-refractivity contribution is 5.75. The Morgan fingerprint density at radius 2 is 1.85 bits per heavy atom. The quantitative estimate of drug-likeness (QED) is 0.704. The van der Waals surface area contributed by atoms with Crippen molar-refractivity contribution >= 4 is 11.0 Å². The van der Waals surface area contributed by atoms with Crippen molar-refractivity contribution in [2.75, 3.05) is 6.54 Å². The smallest absolute Gasteiger partial charge is 0.109 e. The first kappa shape index (κ1) is 15.0. The predicted octanol–water partition coefficient (Wildman–Crippen LogP) is 3.90. The van der Waals surface area contributed by atoms with Crippen molar-refractivity contribution in [3.8, 4) is 0 Å². The van der Waals surface area contributed by atoms with Crippen molar-refractivity contribution in [1.29, 1.82) is 0 Å². The highest BCUT2D eigenvalue weighted by Gasteiger charge is 2.09. The molecule has 0 radical (unpaired) electrons. The lowest BCUT2D eigenvalue weighted by atomic mass is 10.1. The van der Waals surface area contributed by atoms with Gasteiger partial charge in [-0.05, 0) is 31.5 Å². The standard InChI is InChI=1S/C17H27N3/c1-2-3-4-5-8-14-20-16-11-7-6-10-15(16)19-17(20)12-9-13-18/h6-7,10-11H,2-5,8-9,12-14,18H2,1H3. The van der Waals surface area contributed by atoms with Crippen LogP contribution in [0.2, 0.25) is 0 Å². The number of benzene rings is 1. The molecule has 0 unspecified atom stereocenters. The van der Waals surface area contributed by atoms with Crippen LogP contribution in [0.5, 0.6) is 0 Å². The molecule has 1 aromatic carbocycles. The maximum Gasteiger partial charge on any atom is 0.109 e. The van der Waals surface area contributed by atoms with Gasteiger partial charge >= 0.3 is 0 Å². The second-order valence-corrected chi connectivity index (χ2v) is 5.47. The Morgan fingerprint density at radius 3 is 2.65 bits per heavy atom. The Balaban J connectivity index is 2.07. The molecule has 0 fully saturated rings. The minimum absolute atomic E-state index is 0.736. The number of nitrogens with two attached hydrogens (primary N) is 1. The number of rotatable bonds is 9. The molecule has 0 amide bonds. The lowest BCUT2D eigenvalue weighted by molar-refractivity contribution is 0.559. The van der Waals surface area contributed by atoms with Crippen LogP contribution in [0.1, 0.15) is 51.3 Å². The predicted molar refractivity (Wildman–Crippen MR) is 85.9 cm³/mol. The first-order chi connectivity index (χ1) is 9.86. The zero-order valence-corrected chi connectivity index (χ0v) is 12.6. The molecule has 3 heteroatoms. The summed E-state index contributed by atoms with van der Waals surface area (Å²) in [6, 6.07) is 8.45. The molecule has 0 aliphatic rings. The van der Waals surface area contributed by atoms with Gasteiger partial charge in [-0.2, -0.15) is 0 Å². The largest absolute Gasteiger partial charge is 0.330 e. The van der Waals surface area contributed by atoms with E-state index >= 15 is 0 Å². The normalized spacial score (nSPS) is 11.3. The molecule has 0 aliphatic heterocycles. The fourth-order valence-corrected chi connectivity index (χ4v) is 2.70. The van der Waals surface area contributed by atoms with Gasteiger partial charge in [0.05, 0.1) is 11.0 Å². The molecule has 110 valence electrons. The lowest BCUT2D eigenvalue weighted by Crippen LogP contribution is -2.07. The van der Waals surface area contributed by atoms with Crippen LogP contribution < -0.4 is 5.73 Å². The number of aryl methyl sites for hydroxylation is 2. The van der Waals surface area contributed by atoms with E-state index in [9.17, 15) is 0 Å². The number of fused-ring (bicyclic) bond motifs is 1. The summed E-state index contributed by atoms with van der Waals surface area (Å²) in [4.78, 5) is 4.77. The summed E-state index contributed by atoms with van der Waals surface area (Å²) in [5.41, 5.74) is 8.03. The molecular formula is C17H27N3. The van der Waals surface area contributed by atoms with Crippen LogP contribution in [0.15, 0.2) is 24.3 Å². The van der Waals surface area contributed by atoms with Gasteiger partial charge < -0.3 is 10.3 Å². The van der Waals surface area contributed by atoms with E-state index in [4.69, 9.17) is 10.7 Å². The van der Waals surface area contributed by atoms with E-state index < -0.39 is 0 Å². The lowest BCUT2D eigenvalue weighted by Gasteiger charge is -2.09. The summed E-state index contributed by atoms with van der Waals surface area (Å²) >= 11 is 0. The maximum atomic E-state index is 5.64. The third-order valence-electron chi connectivity index (χ3n) is 3.82. The molecule has 1 heterocycles. The summed E-state index contributed by atoms with van der Waals surface area (Å²) in [5, 5.41) is 0. The van der Waals surface area contributed by atoms with Crippen molar-refractivity contribution < 1.29 is 0 Å². The van der Waals surface area contributed by atoms with Gasteiger partial charge in [0.1, 0.15) is 5.82 Å². The molecule has 0 atom stereocenters. The summed E-state index contributed by atoms with van der Waals surface area (Å²) < 4.78 is 2.40. The van der Waals surface area contributed by atoms with Crippen molar-refractivity contribution in [2.45, 2.75) is 58.4 Å². The average Bonchev–Trinajstić information content (AvgIpc) is 2.83. The van der Waals surface area contributed by atoms with Crippen molar-refractivity contribution in [1.82, 2.24) is 9.55 Å². The van der Waals surface area contributed by atoms with Crippen LogP contribution in [-0.2, 0) is 13.0 Å². The van der Waals surface area contributed by atoms with E-state index in [0.29, 0.717) is 0 Å². The maximum absolute atomic E-state index is 5.64. The van der Waals surface area contributed by atoms with E-state index in [1.54, 1.807) is 0 Å². The fraction of sp³-hybridized carbons (Fsp3) is 0.588. The SMILES string of the molecule is CCCCCCCn1c(CCCN)nc2ccccc21. The number of nitrogens with zero attached hydrogens (tertiary/aromatic N) is 2. The Kier molecular flexibility index (Phi) is 6.06. The van der Waals surface area contributed by atoms with Gasteiger partial charge in [0, 0.05) is 13.0 Å². The molecule has 0 spiro atoms. The van der Waals surface area contributed by atoms with Crippen molar-refractivity contribution in [3.05, 3.63) is 30.1 Å². The minimum atomic E-state index is 0.736. The summed E-state index contributed by atoms with van der Waals surface area (Å²) in [6.07, 6.45) is 8.56. The Labute approximate surface area is 122 Å². The first-order valence-corrected chi connectivity index (χ1v) is 8.01. The van der Waals surface area contributed by atoms with E-state index in [1.807, 2.05) is 0 Å². The van der Waals surface area contributed by atoms with Crippen LogP contribution in [0.3, 0.4) is 0 Å². The molecule has 1 aromatic heterocycles. The van der Waals surface area contributed by atoms with Crippen LogP contribution >= 0.6 is 0 Å². The zero-order valence-electron chi connectivity index (χ0n) is 12.6. The van der Waals surface area contributed by atoms with Crippen molar-refractivity contribution in [3.63, 3.8) is 0 Å². The average molecular weight is 273 g/mol. The van der Waals surface area contributed by atoms with Crippen LogP contribution in [-0.4, -0.2) is 16.1 Å². The van der Waals surface area contributed by atoms with Crippen LogP contribution in [0.25, 0.3) is 11.0 Å². The van der Waals surface area contributed by atoms with Gasteiger partial charge in [-0.15, -0.1) is 0 Å². The monoisotopic (exact) mass is 273 g/mol. The molecule has 0 saturated heterocycles. The highest BCUT2D eigenvalue weighted by atomic mass is 15.1. The minimum Gasteiger partial charge on any atom is -0.330 e. The Morgan fingerprint density at radius 1 is 1.05 bits per heavy atom. The molecule has 0 aliphatic carbocycles. The summed E-state index contributed by atoms with van der Waals surface area (Å²) in [7, 11) is 0. The van der Waals surface area contributed by atoms with Gasteiger partial charge in [-0.3, -0.25) is 0 Å². The van der Waals surface area contributed by atoms with E-state index in [1.165, 1.54) is 43.4 Å². The molecule has 2 aromatic rings. The highest BCUT2D eigenvalue weighted by Crippen LogP contribution is 2.18. The summed E-state index contributed by atoms with van der Waals surface area (Å²) in [5.74, 6) is 1.20. The zero-order chi connectivity index (χ0) is 14.2. The van der Waals surface area contributed by atoms with Crippen LogP contribution in [0, 0.1) is 0 Å². The van der Waals surface area contributed by atoms with Crippen LogP contribution in [0.4, 0.5) is 0 Å². The number of aromatic nitrogens is 2. The second-order valence-electron chi connectivity index (χ2n) is 5.47. The molecule has 0 saturated carbocycles. The van der Waals surface area contributed by atoms with E-state index in [0.717, 1.165) is 31.4 Å². The fourth-order valence-electron chi connectivity index (χ4n) is 2.70. The second kappa shape index (κ2) is 8.05. The molecule has 2 rings (SSSR count). The summed E-state index contributed by atoms with van der Waals surface area (Å²) in [6.45, 7) is 4.08. The van der Waals surface area contributed by atoms with Crippen molar-refractivity contribution in [2.24, 2.45) is 5.73 Å². The van der Waals surface area contributed by atoms with E-state index in [2.05, 4.69) is 35.8 Å². The Bertz CT molecular complexity index is 516. The van der Waals surface area contributed by atoms with Gasteiger partial charge in [-0.25, -0.2) is 4.98 Å². The third-order valence-corrected chi connectivity index (χ3v) is 3.82. The van der Waals surface area contributed by atoms with Gasteiger partial charge in [0.2, 0.25) is 0 Å². The number of unbranched alkanes of at least 4 members (excludes halogenated alkanes) is 4. The number of imidazole rings is 1. The number of hydrogen-bond acceptors (Lipinski definition) is 2. The van der Waals surface area contributed by atoms with E-state index in [-0.39, 0.29) is 0 Å². The van der Waals surface area contributed by atoms with Gasteiger partial charge in [0.25, 0.3) is 0 Å². The Hall–Kier alpha value is -1.35. The topological polar surface area (TPSA) is 43.8 Å². The third kappa shape index (κ3) is 3.83. The first-order valence-electron chi connectivity index (χ1n) is 8.01. The van der Waals surface area contributed by atoms with Gasteiger partial charge in [-0.1, -0.05) is 44.7 Å². The number of hydrogen-bond donors (Lipinski definition) is 1. The molecule has 0 bridgehead atoms. The molecule has 3 nitrogen and oxygen atoms in total. The number of para-hydroxylation sites is 2. The van der Waals surface area contributed by atoms with Gasteiger partial charge in [0.15, 0.2) is 0 Å². The molecule has 20 heavy (non-hydrogen) atoms. The molecular weight excluding hydrogens is 246 g/mol. The molecule has 2 N–H and O–H groups in total.